The van der Waals surface area contributed by atoms with Crippen LogP contribution in [0, 0.1) is 11.7 Å². The van der Waals surface area contributed by atoms with E-state index in [0.717, 1.165) is 25.2 Å². The van der Waals surface area contributed by atoms with Crippen molar-refractivity contribution in [2.75, 3.05) is 13.1 Å². The summed E-state index contributed by atoms with van der Waals surface area (Å²) in [6.45, 7) is 1.10. The quantitative estimate of drug-likeness (QED) is 0.850. The summed E-state index contributed by atoms with van der Waals surface area (Å²) in [6, 6.07) is 0. The predicted octanol–water partition coefficient (Wildman–Crippen LogP) is 1.55. The highest BCUT2D eigenvalue weighted by Gasteiger charge is 2.23. The molecular weight excluding hydrogens is 225 g/mol. The summed E-state index contributed by atoms with van der Waals surface area (Å²) in [5.74, 6) is 0.346. The second-order valence-electron chi connectivity index (χ2n) is 4.26. The highest BCUT2D eigenvalue weighted by Crippen LogP contribution is 2.19. The third kappa shape index (κ3) is 3.12. The summed E-state index contributed by atoms with van der Waals surface area (Å²) in [4.78, 5) is 20.0. The molecule has 1 aromatic heterocycles. The van der Waals surface area contributed by atoms with Crippen LogP contribution in [0.4, 0.5) is 9.18 Å². The Morgan fingerprint density at radius 3 is 2.88 bits per heavy atom. The van der Waals surface area contributed by atoms with Crippen LogP contribution >= 0.6 is 0 Å². The van der Waals surface area contributed by atoms with E-state index in [-0.39, 0.29) is 5.92 Å². The second-order valence-corrected chi connectivity index (χ2v) is 4.26. The van der Waals surface area contributed by atoms with Crippen molar-refractivity contribution < 1.29 is 14.3 Å². The van der Waals surface area contributed by atoms with Crippen molar-refractivity contribution in [1.29, 1.82) is 0 Å². The van der Waals surface area contributed by atoms with Gasteiger partial charge in [-0.15, -0.1) is 0 Å². The van der Waals surface area contributed by atoms with E-state index < -0.39 is 11.9 Å². The lowest BCUT2D eigenvalue weighted by molar-refractivity contribution is 0.119. The fourth-order valence-corrected chi connectivity index (χ4v) is 2.11. The second kappa shape index (κ2) is 5.07. The Bertz CT molecular complexity index is 396. The van der Waals surface area contributed by atoms with Crippen molar-refractivity contribution in [3.8, 4) is 0 Å². The summed E-state index contributed by atoms with van der Waals surface area (Å²) in [6.07, 6.45) is 3.82. The first-order valence-electron chi connectivity index (χ1n) is 5.59. The van der Waals surface area contributed by atoms with Crippen molar-refractivity contribution in [1.82, 2.24) is 14.9 Å². The maximum Gasteiger partial charge on any atom is 0.407 e. The van der Waals surface area contributed by atoms with E-state index in [0.29, 0.717) is 25.3 Å². The molecule has 1 atom stereocenters. The summed E-state index contributed by atoms with van der Waals surface area (Å²) >= 11 is 0. The molecule has 0 saturated carbocycles. The van der Waals surface area contributed by atoms with Crippen LogP contribution in [0.2, 0.25) is 0 Å². The SMILES string of the molecule is O=C(O)N1CCC[C@H](Cc2ncc(F)cn2)C1. The van der Waals surface area contributed by atoms with Gasteiger partial charge in [-0.3, -0.25) is 0 Å². The minimum Gasteiger partial charge on any atom is -0.465 e. The number of aromatic nitrogens is 2. The lowest BCUT2D eigenvalue weighted by Crippen LogP contribution is -2.39. The number of carboxylic acid groups (broad SMARTS) is 1. The Balaban J connectivity index is 1.94. The maximum atomic E-state index is 12.6. The van der Waals surface area contributed by atoms with Crippen molar-refractivity contribution in [2.45, 2.75) is 19.3 Å². The molecule has 0 bridgehead atoms. The third-order valence-corrected chi connectivity index (χ3v) is 2.93. The van der Waals surface area contributed by atoms with Crippen LogP contribution in [0.5, 0.6) is 0 Å². The predicted molar refractivity (Wildman–Crippen MR) is 58.0 cm³/mol. The molecule has 0 unspecified atom stereocenters. The Hall–Kier alpha value is -1.72. The van der Waals surface area contributed by atoms with Crippen LogP contribution in [-0.4, -0.2) is 39.2 Å². The number of carbonyl (C=O) groups is 1. The van der Waals surface area contributed by atoms with E-state index in [2.05, 4.69) is 9.97 Å². The van der Waals surface area contributed by atoms with E-state index in [4.69, 9.17) is 5.11 Å². The zero-order chi connectivity index (χ0) is 12.3. The molecule has 0 aliphatic carbocycles. The molecule has 2 heterocycles. The molecule has 1 amide bonds. The number of hydrogen-bond donors (Lipinski definition) is 1. The van der Waals surface area contributed by atoms with Crippen LogP contribution in [0.25, 0.3) is 0 Å². The van der Waals surface area contributed by atoms with Crippen LogP contribution in [0.15, 0.2) is 12.4 Å². The van der Waals surface area contributed by atoms with Gasteiger partial charge in [0.15, 0.2) is 5.82 Å². The summed E-state index contributed by atoms with van der Waals surface area (Å²) in [7, 11) is 0. The van der Waals surface area contributed by atoms with Gasteiger partial charge in [-0.1, -0.05) is 0 Å². The number of amides is 1. The first-order chi connectivity index (χ1) is 8.15. The highest BCUT2D eigenvalue weighted by atomic mass is 19.1. The number of nitrogens with zero attached hydrogens (tertiary/aromatic N) is 3. The van der Waals surface area contributed by atoms with Gasteiger partial charge in [0.2, 0.25) is 0 Å². The zero-order valence-corrected chi connectivity index (χ0v) is 9.34. The lowest BCUT2D eigenvalue weighted by Gasteiger charge is -2.30. The van der Waals surface area contributed by atoms with Gasteiger partial charge in [-0.05, 0) is 18.8 Å². The Morgan fingerprint density at radius 2 is 2.24 bits per heavy atom. The zero-order valence-electron chi connectivity index (χ0n) is 9.34. The molecule has 6 heteroatoms. The molecule has 1 saturated heterocycles. The van der Waals surface area contributed by atoms with Crippen molar-refractivity contribution in [3.05, 3.63) is 24.0 Å². The van der Waals surface area contributed by atoms with Gasteiger partial charge in [-0.25, -0.2) is 19.2 Å². The monoisotopic (exact) mass is 239 g/mol. The Labute approximate surface area is 98.3 Å². The molecule has 0 spiro atoms. The number of piperidine rings is 1. The first kappa shape index (κ1) is 11.8. The molecule has 1 fully saturated rings. The maximum absolute atomic E-state index is 12.6. The minimum absolute atomic E-state index is 0.227. The smallest absolute Gasteiger partial charge is 0.407 e. The molecule has 0 aromatic carbocycles. The van der Waals surface area contributed by atoms with Crippen molar-refractivity contribution >= 4 is 6.09 Å². The van der Waals surface area contributed by atoms with Crippen molar-refractivity contribution in [3.63, 3.8) is 0 Å². The van der Waals surface area contributed by atoms with E-state index in [1.165, 1.54) is 4.90 Å². The average molecular weight is 239 g/mol. The van der Waals surface area contributed by atoms with Crippen LogP contribution in [0.1, 0.15) is 18.7 Å². The topological polar surface area (TPSA) is 66.3 Å². The number of likely N-dealkylation sites (tertiary alicyclic amines) is 1. The molecule has 17 heavy (non-hydrogen) atoms. The van der Waals surface area contributed by atoms with E-state index in [9.17, 15) is 9.18 Å². The molecule has 1 aliphatic rings. The molecule has 2 rings (SSSR count). The fraction of sp³-hybridized carbons (Fsp3) is 0.545. The van der Waals surface area contributed by atoms with E-state index >= 15 is 0 Å². The standard InChI is InChI=1S/C11H14FN3O2/c12-9-5-13-10(14-6-9)4-8-2-1-3-15(7-8)11(16)17/h5-6,8H,1-4,7H2,(H,16,17)/t8-/m1/s1. The van der Waals surface area contributed by atoms with Crippen LogP contribution in [0.3, 0.4) is 0 Å². The van der Waals surface area contributed by atoms with Crippen molar-refractivity contribution in [2.24, 2.45) is 5.92 Å². The van der Waals surface area contributed by atoms with Gasteiger partial charge in [0.25, 0.3) is 0 Å². The largest absolute Gasteiger partial charge is 0.465 e. The normalized spacial score (nSPS) is 20.3. The number of rotatable bonds is 2. The molecule has 1 aromatic rings. The fourth-order valence-electron chi connectivity index (χ4n) is 2.11. The molecule has 0 radical (unpaired) electrons. The van der Waals surface area contributed by atoms with Gasteiger partial charge in [0, 0.05) is 19.5 Å². The highest BCUT2D eigenvalue weighted by molar-refractivity contribution is 5.65. The lowest BCUT2D eigenvalue weighted by atomic mass is 9.95. The first-order valence-corrected chi connectivity index (χ1v) is 5.59. The van der Waals surface area contributed by atoms with E-state index in [1.54, 1.807) is 0 Å². The van der Waals surface area contributed by atoms with Gasteiger partial charge in [0.1, 0.15) is 5.82 Å². The molecule has 1 N–H and O–H groups in total. The summed E-state index contributed by atoms with van der Waals surface area (Å²) in [5.41, 5.74) is 0. The molecule has 1 aliphatic heterocycles. The minimum atomic E-state index is -0.880. The molecule has 92 valence electrons. The van der Waals surface area contributed by atoms with Gasteiger partial charge in [0.05, 0.1) is 12.4 Å². The van der Waals surface area contributed by atoms with Crippen LogP contribution in [-0.2, 0) is 6.42 Å². The Morgan fingerprint density at radius 1 is 1.53 bits per heavy atom. The van der Waals surface area contributed by atoms with Gasteiger partial charge in [-0.2, -0.15) is 0 Å². The Kier molecular flexibility index (Phi) is 3.51. The molecular formula is C11H14FN3O2. The van der Waals surface area contributed by atoms with Gasteiger partial charge < -0.3 is 10.0 Å². The van der Waals surface area contributed by atoms with Crippen LogP contribution < -0.4 is 0 Å². The number of hydrogen-bond acceptors (Lipinski definition) is 3. The summed E-state index contributed by atoms with van der Waals surface area (Å²) in [5, 5.41) is 8.90. The average Bonchev–Trinajstić information content (AvgIpc) is 2.32. The van der Waals surface area contributed by atoms with E-state index in [1.807, 2.05) is 0 Å². The summed E-state index contributed by atoms with van der Waals surface area (Å²) < 4.78 is 12.6. The third-order valence-electron chi connectivity index (χ3n) is 2.93. The van der Waals surface area contributed by atoms with Gasteiger partial charge >= 0.3 is 6.09 Å². The molecule has 5 nitrogen and oxygen atoms in total. The number of halogens is 1.